The highest BCUT2D eigenvalue weighted by Gasteiger charge is 2.43. The summed E-state index contributed by atoms with van der Waals surface area (Å²) in [6.45, 7) is 10.3. The van der Waals surface area contributed by atoms with Crippen molar-refractivity contribution >= 4 is 11.7 Å². The summed E-state index contributed by atoms with van der Waals surface area (Å²) in [6, 6.07) is 1.86. The third-order valence-electron chi connectivity index (χ3n) is 7.28. The summed E-state index contributed by atoms with van der Waals surface area (Å²) in [4.78, 5) is 18.8. The van der Waals surface area contributed by atoms with Crippen LogP contribution in [-0.2, 0) is 4.74 Å². The third kappa shape index (κ3) is 5.40. The van der Waals surface area contributed by atoms with Gasteiger partial charge in [-0.05, 0) is 71.8 Å². The Morgan fingerprint density at radius 3 is 2.37 bits per heavy atom. The molecule has 35 heavy (non-hydrogen) atoms. The minimum absolute atomic E-state index is 0.0225. The van der Waals surface area contributed by atoms with Crippen LogP contribution in [0.5, 0.6) is 0 Å². The molecule has 0 bridgehead atoms. The molecule has 0 aromatic carbocycles. The average Bonchev–Trinajstić information content (AvgIpc) is 3.08. The van der Waals surface area contributed by atoms with Crippen LogP contribution >= 0.6 is 0 Å². The highest BCUT2D eigenvalue weighted by atomic mass is 19.4. The number of halogens is 4. The van der Waals surface area contributed by atoms with Gasteiger partial charge < -0.3 is 9.64 Å². The number of aryl methyl sites for hydroxylation is 1. The molecule has 2 atom stereocenters. The molecule has 10 heteroatoms. The first-order valence-electron chi connectivity index (χ1n) is 12.3. The fraction of sp³-hybridized carbons (Fsp3) is 0.720. The van der Waals surface area contributed by atoms with Gasteiger partial charge in [0.15, 0.2) is 11.5 Å². The zero-order chi connectivity index (χ0) is 25.7. The van der Waals surface area contributed by atoms with Crippen molar-refractivity contribution in [1.29, 1.82) is 0 Å². The maximum atomic E-state index is 15.5. The molecule has 4 rings (SSSR count). The van der Waals surface area contributed by atoms with Crippen LogP contribution in [0.25, 0.3) is 5.65 Å². The summed E-state index contributed by atoms with van der Waals surface area (Å²) in [7, 11) is 0. The first-order valence-corrected chi connectivity index (χ1v) is 12.3. The Morgan fingerprint density at radius 2 is 1.77 bits per heavy atom. The van der Waals surface area contributed by atoms with Gasteiger partial charge in [-0.3, -0.25) is 0 Å². The number of rotatable bonds is 2. The number of likely N-dealkylation sites (tertiary alicyclic amines) is 1. The number of nitrogens with zero attached hydrogens (tertiary/aromatic N) is 4. The van der Waals surface area contributed by atoms with Crippen LogP contribution in [-0.4, -0.2) is 50.5 Å². The van der Waals surface area contributed by atoms with E-state index in [4.69, 9.17) is 4.74 Å². The zero-order valence-electron chi connectivity index (χ0n) is 21.0. The number of fused-ring (bicyclic) bond motifs is 1. The van der Waals surface area contributed by atoms with Crippen molar-refractivity contribution < 1.29 is 27.1 Å². The predicted molar refractivity (Wildman–Crippen MR) is 123 cm³/mol. The lowest BCUT2D eigenvalue weighted by Gasteiger charge is -2.37. The van der Waals surface area contributed by atoms with Crippen LogP contribution in [0.2, 0.25) is 0 Å². The number of amides is 1. The SMILES string of the molecule is Cc1cc([C@H]2CN(C(=O)OC(C)(C)C)CC[C@H]2C)n2nc([C@H]3CC[C@H](C(F)(F)F)CC3)c(F)c2n1. The highest BCUT2D eigenvalue weighted by Crippen LogP contribution is 2.43. The summed E-state index contributed by atoms with van der Waals surface area (Å²) < 4.78 is 61.9. The number of carbonyl (C=O) groups excluding carboxylic acids is 1. The molecule has 2 aromatic heterocycles. The van der Waals surface area contributed by atoms with Gasteiger partial charge in [0, 0.05) is 30.6 Å². The maximum absolute atomic E-state index is 15.5. The smallest absolute Gasteiger partial charge is 0.410 e. The first kappa shape index (κ1) is 25.7. The molecule has 1 amide bonds. The van der Waals surface area contributed by atoms with Gasteiger partial charge in [-0.15, -0.1) is 0 Å². The molecule has 1 aliphatic heterocycles. The Bertz CT molecular complexity index is 1080. The molecular weight excluding hydrogens is 464 g/mol. The van der Waals surface area contributed by atoms with Gasteiger partial charge >= 0.3 is 12.3 Å². The minimum atomic E-state index is -4.22. The van der Waals surface area contributed by atoms with E-state index in [0.717, 1.165) is 12.1 Å². The zero-order valence-corrected chi connectivity index (χ0v) is 21.0. The fourth-order valence-electron chi connectivity index (χ4n) is 5.32. The fourth-order valence-corrected chi connectivity index (χ4v) is 5.32. The molecule has 0 spiro atoms. The average molecular weight is 499 g/mol. The van der Waals surface area contributed by atoms with Gasteiger partial charge in [0.25, 0.3) is 0 Å². The summed E-state index contributed by atoms with van der Waals surface area (Å²) in [5.74, 6) is -2.18. The van der Waals surface area contributed by atoms with E-state index in [0.29, 0.717) is 18.8 Å². The van der Waals surface area contributed by atoms with E-state index >= 15 is 4.39 Å². The maximum Gasteiger partial charge on any atom is 0.410 e. The Labute approximate surface area is 203 Å². The lowest BCUT2D eigenvalue weighted by atomic mass is 9.80. The summed E-state index contributed by atoms with van der Waals surface area (Å²) in [5.41, 5.74) is 1.05. The standard InChI is InChI=1S/C25H34F4N4O2/c1-14-10-11-32(23(34)35-24(3,4)5)13-18(14)19-12-15(2)30-22-20(26)21(31-33(19)22)16-6-8-17(9-7-16)25(27,28)29/h12,14,16-18H,6-11,13H2,1-5H3/t14-,16-,17-,18+/m1/s1. The van der Waals surface area contributed by atoms with Crippen molar-refractivity contribution in [2.45, 2.75) is 90.3 Å². The van der Waals surface area contributed by atoms with E-state index in [1.54, 1.807) is 11.8 Å². The second kappa shape index (κ2) is 9.24. The molecule has 0 N–H and O–H groups in total. The Hall–Kier alpha value is -2.39. The Morgan fingerprint density at radius 1 is 1.11 bits per heavy atom. The molecule has 0 radical (unpaired) electrons. The van der Waals surface area contributed by atoms with E-state index in [1.807, 2.05) is 26.8 Å². The molecule has 6 nitrogen and oxygen atoms in total. The van der Waals surface area contributed by atoms with Gasteiger partial charge in [-0.1, -0.05) is 6.92 Å². The van der Waals surface area contributed by atoms with Crippen molar-refractivity contribution in [2.75, 3.05) is 13.1 Å². The van der Waals surface area contributed by atoms with E-state index in [-0.39, 0.29) is 60.9 Å². The third-order valence-corrected chi connectivity index (χ3v) is 7.28. The second-order valence-electron chi connectivity index (χ2n) is 11.1. The number of alkyl halides is 3. The largest absolute Gasteiger partial charge is 0.444 e. The number of carbonyl (C=O) groups is 1. The van der Waals surface area contributed by atoms with Crippen LogP contribution in [0.1, 0.15) is 88.7 Å². The summed E-state index contributed by atoms with van der Waals surface area (Å²) >= 11 is 0. The van der Waals surface area contributed by atoms with Crippen molar-refractivity contribution in [2.24, 2.45) is 11.8 Å². The van der Waals surface area contributed by atoms with E-state index in [2.05, 4.69) is 17.0 Å². The number of hydrogen-bond donors (Lipinski definition) is 0. The minimum Gasteiger partial charge on any atom is -0.444 e. The van der Waals surface area contributed by atoms with Crippen LogP contribution in [0.4, 0.5) is 22.4 Å². The molecule has 2 aromatic rings. The molecule has 3 heterocycles. The molecular formula is C25H34F4N4O2. The van der Waals surface area contributed by atoms with Gasteiger partial charge in [0.2, 0.25) is 0 Å². The quantitative estimate of drug-likeness (QED) is 0.451. The topological polar surface area (TPSA) is 59.7 Å². The monoisotopic (exact) mass is 498 g/mol. The normalized spacial score (nSPS) is 26.3. The van der Waals surface area contributed by atoms with Gasteiger partial charge in [0.05, 0.1) is 11.6 Å². The van der Waals surface area contributed by atoms with Gasteiger partial charge in [0.1, 0.15) is 11.3 Å². The lowest BCUT2D eigenvalue weighted by Crippen LogP contribution is -2.45. The number of hydrogen-bond acceptors (Lipinski definition) is 4. The van der Waals surface area contributed by atoms with Crippen molar-refractivity contribution in [3.05, 3.63) is 29.0 Å². The molecule has 1 saturated heterocycles. The summed E-state index contributed by atoms with van der Waals surface area (Å²) in [6.07, 6.45) is -3.41. The van der Waals surface area contributed by atoms with Crippen LogP contribution in [0.15, 0.2) is 6.07 Å². The molecule has 1 saturated carbocycles. The number of aromatic nitrogens is 3. The predicted octanol–water partition coefficient (Wildman–Crippen LogP) is 6.37. The second-order valence-corrected chi connectivity index (χ2v) is 11.1. The van der Waals surface area contributed by atoms with Gasteiger partial charge in [-0.25, -0.2) is 18.7 Å². The number of piperidine rings is 1. The van der Waals surface area contributed by atoms with Crippen molar-refractivity contribution in [3.63, 3.8) is 0 Å². The Kier molecular flexibility index (Phi) is 6.79. The molecule has 2 aliphatic rings. The first-order chi connectivity index (χ1) is 16.2. The lowest BCUT2D eigenvalue weighted by molar-refractivity contribution is -0.182. The van der Waals surface area contributed by atoms with Crippen LogP contribution in [0, 0.1) is 24.6 Å². The van der Waals surface area contributed by atoms with Crippen LogP contribution in [0.3, 0.4) is 0 Å². The summed E-state index contributed by atoms with van der Waals surface area (Å²) in [5, 5.41) is 4.57. The Balaban J connectivity index is 1.64. The number of ether oxygens (including phenoxy) is 1. The molecule has 1 aliphatic carbocycles. The van der Waals surface area contributed by atoms with E-state index < -0.39 is 23.5 Å². The van der Waals surface area contributed by atoms with E-state index in [9.17, 15) is 18.0 Å². The van der Waals surface area contributed by atoms with Crippen molar-refractivity contribution in [1.82, 2.24) is 19.5 Å². The van der Waals surface area contributed by atoms with Gasteiger partial charge in [-0.2, -0.15) is 18.3 Å². The van der Waals surface area contributed by atoms with Crippen LogP contribution < -0.4 is 0 Å². The highest BCUT2D eigenvalue weighted by molar-refractivity contribution is 5.68. The molecule has 0 unspecified atom stereocenters. The van der Waals surface area contributed by atoms with E-state index in [1.165, 1.54) is 4.52 Å². The van der Waals surface area contributed by atoms with Crippen molar-refractivity contribution in [3.8, 4) is 0 Å². The molecule has 194 valence electrons. The molecule has 2 fully saturated rings.